The van der Waals surface area contributed by atoms with Gasteiger partial charge in [-0.2, -0.15) is 0 Å². The number of ether oxygens (including phenoxy) is 1. The molecule has 0 unspecified atom stereocenters. The van der Waals surface area contributed by atoms with E-state index in [0.717, 1.165) is 4.88 Å². The number of nitrogens with zero attached hydrogens (tertiary/aromatic N) is 3. The number of carbonyl (C=O) groups excluding carboxylic acids is 1. The lowest BCUT2D eigenvalue weighted by atomic mass is 10.0. The lowest BCUT2D eigenvalue weighted by Crippen LogP contribution is -2.39. The van der Waals surface area contributed by atoms with E-state index in [2.05, 4.69) is 4.99 Å². The third-order valence-corrected chi connectivity index (χ3v) is 7.83. The van der Waals surface area contributed by atoms with Gasteiger partial charge in [-0.05, 0) is 44.4 Å². The number of rotatable bonds is 6. The zero-order valence-corrected chi connectivity index (χ0v) is 21.7. The molecule has 9 nitrogen and oxygen atoms in total. The molecular formula is C26H21N3O6S2. The summed E-state index contributed by atoms with van der Waals surface area (Å²) in [5.74, 6) is 0.357. The molecule has 4 aromatic rings. The number of nitro benzene ring substituents is 1. The fourth-order valence-corrected chi connectivity index (χ4v) is 6.03. The van der Waals surface area contributed by atoms with Gasteiger partial charge in [0.2, 0.25) is 0 Å². The molecule has 1 aliphatic heterocycles. The van der Waals surface area contributed by atoms with Crippen LogP contribution in [-0.4, -0.2) is 22.1 Å². The highest BCUT2D eigenvalue weighted by Gasteiger charge is 2.33. The minimum absolute atomic E-state index is 0.00473. The van der Waals surface area contributed by atoms with Crippen molar-refractivity contribution in [2.45, 2.75) is 26.8 Å². The molecule has 11 heteroatoms. The minimum Gasteiger partial charge on any atom is -0.463 e. The molecule has 1 atom stereocenters. The van der Waals surface area contributed by atoms with E-state index in [1.165, 1.54) is 33.3 Å². The Kier molecular flexibility index (Phi) is 6.48. The van der Waals surface area contributed by atoms with Crippen molar-refractivity contribution < 1.29 is 18.9 Å². The van der Waals surface area contributed by atoms with Crippen LogP contribution in [0.3, 0.4) is 0 Å². The van der Waals surface area contributed by atoms with Crippen LogP contribution in [0.15, 0.2) is 73.3 Å². The van der Waals surface area contributed by atoms with Gasteiger partial charge in [0.15, 0.2) is 4.80 Å². The number of hydrogen-bond donors (Lipinski definition) is 0. The van der Waals surface area contributed by atoms with E-state index in [0.29, 0.717) is 43.3 Å². The molecule has 0 saturated carbocycles. The average Bonchev–Trinajstić information content (AvgIpc) is 3.61. The summed E-state index contributed by atoms with van der Waals surface area (Å²) >= 11 is 2.65. The van der Waals surface area contributed by atoms with Crippen LogP contribution < -0.4 is 14.9 Å². The molecule has 3 aromatic heterocycles. The monoisotopic (exact) mass is 535 g/mol. The number of aryl methyl sites for hydroxylation is 1. The second kappa shape index (κ2) is 9.75. The molecule has 0 N–H and O–H groups in total. The van der Waals surface area contributed by atoms with Crippen LogP contribution >= 0.6 is 22.7 Å². The predicted octanol–water partition coefficient (Wildman–Crippen LogP) is 4.34. The van der Waals surface area contributed by atoms with Gasteiger partial charge < -0.3 is 9.15 Å². The Morgan fingerprint density at radius 2 is 2.08 bits per heavy atom. The summed E-state index contributed by atoms with van der Waals surface area (Å²) < 4.78 is 13.1. The number of thiazole rings is 1. The van der Waals surface area contributed by atoms with E-state index < -0.39 is 16.9 Å². The van der Waals surface area contributed by atoms with Gasteiger partial charge in [0.25, 0.3) is 11.2 Å². The van der Waals surface area contributed by atoms with E-state index in [1.54, 1.807) is 51.1 Å². The van der Waals surface area contributed by atoms with Gasteiger partial charge in [0, 0.05) is 28.1 Å². The van der Waals surface area contributed by atoms with Gasteiger partial charge in [0.1, 0.15) is 17.6 Å². The molecule has 0 amide bonds. The SMILES string of the molecule is CCOC(=O)C1=C(C)N=c2s/c(=C\c3ccc(-c4ccc(C)c([N+](=O)[O-])c4)o3)c(=O)n2[C@H]1c1cccs1. The van der Waals surface area contributed by atoms with Crippen LogP contribution in [0.5, 0.6) is 0 Å². The summed E-state index contributed by atoms with van der Waals surface area (Å²) in [4.78, 5) is 43.2. The second-order valence-corrected chi connectivity index (χ2v) is 10.3. The van der Waals surface area contributed by atoms with Crippen molar-refractivity contribution >= 4 is 40.4 Å². The minimum atomic E-state index is -0.641. The number of nitro groups is 1. The fraction of sp³-hybridized carbons (Fsp3) is 0.192. The average molecular weight is 536 g/mol. The van der Waals surface area contributed by atoms with Crippen LogP contribution in [-0.2, 0) is 9.53 Å². The molecule has 4 heterocycles. The third-order valence-electron chi connectivity index (χ3n) is 5.92. The number of carbonyl (C=O) groups is 1. The maximum Gasteiger partial charge on any atom is 0.338 e. The number of fused-ring (bicyclic) bond motifs is 1. The van der Waals surface area contributed by atoms with Gasteiger partial charge >= 0.3 is 5.97 Å². The molecule has 0 saturated heterocycles. The van der Waals surface area contributed by atoms with E-state index in [4.69, 9.17) is 9.15 Å². The van der Waals surface area contributed by atoms with Crippen molar-refractivity contribution in [3.8, 4) is 11.3 Å². The summed E-state index contributed by atoms with van der Waals surface area (Å²) in [6.07, 6.45) is 1.62. The molecule has 188 valence electrons. The molecule has 0 bridgehead atoms. The number of furan rings is 1. The van der Waals surface area contributed by atoms with Gasteiger partial charge in [-0.1, -0.05) is 29.5 Å². The van der Waals surface area contributed by atoms with E-state index in [1.807, 2.05) is 17.5 Å². The summed E-state index contributed by atoms with van der Waals surface area (Å²) in [7, 11) is 0. The summed E-state index contributed by atoms with van der Waals surface area (Å²) in [5.41, 5.74) is 1.66. The Morgan fingerprint density at radius 1 is 1.27 bits per heavy atom. The second-order valence-electron chi connectivity index (χ2n) is 8.28. The lowest BCUT2D eigenvalue weighted by Gasteiger charge is -2.23. The number of hydrogen-bond acceptors (Lipinski definition) is 9. The van der Waals surface area contributed by atoms with Crippen LogP contribution in [0, 0.1) is 17.0 Å². The van der Waals surface area contributed by atoms with Crippen molar-refractivity contribution in [3.05, 3.63) is 105 Å². The first-order chi connectivity index (χ1) is 17.8. The van der Waals surface area contributed by atoms with Gasteiger partial charge in [-0.3, -0.25) is 19.5 Å². The highest BCUT2D eigenvalue weighted by atomic mass is 32.1. The Morgan fingerprint density at radius 3 is 2.78 bits per heavy atom. The van der Waals surface area contributed by atoms with E-state index in [9.17, 15) is 19.7 Å². The highest BCUT2D eigenvalue weighted by molar-refractivity contribution is 7.10. The number of thiophene rings is 1. The normalized spacial score (nSPS) is 15.4. The Labute approximate surface area is 218 Å². The Bertz CT molecular complexity index is 1740. The molecule has 1 aliphatic rings. The quantitative estimate of drug-likeness (QED) is 0.206. The molecule has 0 spiro atoms. The first-order valence-corrected chi connectivity index (χ1v) is 13.1. The largest absolute Gasteiger partial charge is 0.463 e. The van der Waals surface area contributed by atoms with Gasteiger partial charge in [-0.25, -0.2) is 9.79 Å². The first kappa shape index (κ1) is 24.6. The predicted molar refractivity (Wildman–Crippen MR) is 140 cm³/mol. The Hall–Kier alpha value is -4.09. The topological polar surface area (TPSA) is 117 Å². The lowest BCUT2D eigenvalue weighted by molar-refractivity contribution is -0.385. The van der Waals surface area contributed by atoms with Crippen molar-refractivity contribution in [2.24, 2.45) is 4.99 Å². The van der Waals surface area contributed by atoms with Crippen LogP contribution in [0.25, 0.3) is 17.4 Å². The molecule has 0 radical (unpaired) electrons. The molecule has 0 aliphatic carbocycles. The van der Waals surface area contributed by atoms with Gasteiger partial charge in [-0.15, -0.1) is 11.3 Å². The van der Waals surface area contributed by atoms with E-state index >= 15 is 0 Å². The zero-order valence-electron chi connectivity index (χ0n) is 20.1. The standard InChI is InChI=1S/C26H21N3O6S2/c1-4-34-25(31)22-15(3)27-26-28(23(22)20-6-5-11-36-20)24(30)21(37-26)13-17-9-10-19(35-17)16-8-7-14(2)18(12-16)29(32)33/h5-13,23H,4H2,1-3H3/b21-13-/t23-/m0/s1. The van der Waals surface area contributed by atoms with Crippen LogP contribution in [0.4, 0.5) is 5.69 Å². The first-order valence-electron chi connectivity index (χ1n) is 11.4. The summed E-state index contributed by atoms with van der Waals surface area (Å²) in [5, 5.41) is 13.2. The van der Waals surface area contributed by atoms with Crippen molar-refractivity contribution in [2.75, 3.05) is 6.61 Å². The molecule has 0 fully saturated rings. The maximum atomic E-state index is 13.6. The fourth-order valence-electron chi connectivity index (χ4n) is 4.18. The summed E-state index contributed by atoms with van der Waals surface area (Å²) in [6.45, 7) is 5.36. The molecule has 37 heavy (non-hydrogen) atoms. The van der Waals surface area contributed by atoms with Crippen LogP contribution in [0.2, 0.25) is 0 Å². The number of aromatic nitrogens is 1. The number of allylic oxidation sites excluding steroid dienone is 1. The third kappa shape index (κ3) is 4.47. The van der Waals surface area contributed by atoms with Crippen molar-refractivity contribution in [3.63, 3.8) is 0 Å². The number of esters is 1. The van der Waals surface area contributed by atoms with Crippen LogP contribution in [0.1, 0.15) is 36.1 Å². The summed E-state index contributed by atoms with van der Waals surface area (Å²) in [6, 6.07) is 11.4. The smallest absolute Gasteiger partial charge is 0.338 e. The zero-order chi connectivity index (χ0) is 26.3. The number of benzene rings is 1. The van der Waals surface area contributed by atoms with Gasteiger partial charge in [0.05, 0.1) is 27.3 Å². The highest BCUT2D eigenvalue weighted by Crippen LogP contribution is 2.33. The molecular weight excluding hydrogens is 514 g/mol. The van der Waals surface area contributed by atoms with Crippen molar-refractivity contribution in [1.29, 1.82) is 0 Å². The molecule has 5 rings (SSSR count). The van der Waals surface area contributed by atoms with Crippen molar-refractivity contribution in [1.82, 2.24) is 4.57 Å². The Balaban J connectivity index is 1.59. The maximum absolute atomic E-state index is 13.6. The molecule has 1 aromatic carbocycles. The van der Waals surface area contributed by atoms with E-state index in [-0.39, 0.29) is 17.9 Å².